The molecule has 4 nitrogen and oxygen atoms in total. The molecule has 0 amide bonds. The van der Waals surface area contributed by atoms with Crippen molar-refractivity contribution in [3.63, 3.8) is 0 Å². The Bertz CT molecular complexity index is 1140. The molecule has 0 aliphatic rings. The Labute approximate surface area is 198 Å². The third-order valence-electron chi connectivity index (χ3n) is 6.11. The van der Waals surface area contributed by atoms with Gasteiger partial charge >= 0.3 is 24.1 Å². The van der Waals surface area contributed by atoms with Crippen LogP contribution in [0.2, 0.25) is 0 Å². The topological polar surface area (TPSA) is 66.8 Å². The quantitative estimate of drug-likeness (QED) is 0.207. The van der Waals surface area contributed by atoms with Crippen molar-refractivity contribution in [2.75, 3.05) is 0 Å². The molecule has 0 spiro atoms. The number of carbonyl (C=O) groups is 1. The molecule has 0 unspecified atom stereocenters. The van der Waals surface area contributed by atoms with Gasteiger partial charge in [0.2, 0.25) is 0 Å². The zero-order chi connectivity index (χ0) is 26.8. The van der Waals surface area contributed by atoms with Gasteiger partial charge in [-0.1, -0.05) is 44.0 Å². The second-order valence-corrected chi connectivity index (χ2v) is 8.12. The summed E-state index contributed by atoms with van der Waals surface area (Å²) >= 11 is 0. The molecule has 0 bridgehead atoms. The molecule has 0 aliphatic heterocycles. The van der Waals surface area contributed by atoms with Crippen molar-refractivity contribution in [1.82, 2.24) is 0 Å². The first-order valence-corrected chi connectivity index (χ1v) is 10.5. The highest BCUT2D eigenvalue weighted by atomic mass is 19.4. The minimum atomic E-state index is -6.03. The number of alkyl halides is 6. The molecule has 2 rings (SSSR count). The van der Waals surface area contributed by atoms with Crippen molar-refractivity contribution in [3.05, 3.63) is 64.2 Å². The van der Waals surface area contributed by atoms with E-state index < -0.39 is 29.5 Å². The fourth-order valence-corrected chi connectivity index (χ4v) is 3.95. The summed E-state index contributed by atoms with van der Waals surface area (Å²) in [4.78, 5) is 10.9. The number of rotatable bonds is 5. The first-order chi connectivity index (χ1) is 16.0. The number of aryl methyl sites for hydroxylation is 2. The minimum Gasteiger partial charge on any atom is -0.449 e. The van der Waals surface area contributed by atoms with E-state index >= 15 is 0 Å². The third kappa shape index (κ3) is 5.40. The summed E-state index contributed by atoms with van der Waals surface area (Å²) in [6, 6.07) is 9.55. The summed E-state index contributed by atoms with van der Waals surface area (Å²) in [7, 11) is 0. The zero-order valence-electron chi connectivity index (χ0n) is 19.4. The van der Waals surface area contributed by atoms with Gasteiger partial charge in [-0.25, -0.2) is 4.79 Å². The second kappa shape index (κ2) is 9.82. The van der Waals surface area contributed by atoms with Gasteiger partial charge in [-0.2, -0.15) is 26.3 Å². The van der Waals surface area contributed by atoms with Crippen LogP contribution in [0.15, 0.2) is 36.4 Å². The lowest BCUT2D eigenvalue weighted by molar-refractivity contribution is -0.343. The maximum Gasteiger partial charge on any atom is 0.511 e. The molecule has 2 aromatic carbocycles. The highest BCUT2D eigenvalue weighted by Gasteiger charge is 2.70. The van der Waals surface area contributed by atoms with Gasteiger partial charge in [-0.05, 0) is 67.0 Å². The molecule has 2 N–H and O–H groups in total. The third-order valence-corrected chi connectivity index (χ3v) is 6.11. The molecule has 10 heteroatoms. The van der Waals surface area contributed by atoms with Crippen LogP contribution in [0.25, 0.3) is 0 Å². The Kier molecular flexibility index (Phi) is 7.87. The van der Waals surface area contributed by atoms with Crippen LogP contribution >= 0.6 is 0 Å². The smallest absolute Gasteiger partial charge is 0.449 e. The molecule has 0 saturated carbocycles. The lowest BCUT2D eigenvalue weighted by Crippen LogP contribution is -2.55. The molecule has 2 aromatic rings. The van der Waals surface area contributed by atoms with Gasteiger partial charge in [-0.3, -0.25) is 0 Å². The Morgan fingerprint density at radius 2 is 1.37 bits per heavy atom. The number of ether oxygens (including phenoxy) is 1. The van der Waals surface area contributed by atoms with E-state index in [2.05, 4.69) is 0 Å². The Morgan fingerprint density at radius 1 is 0.886 bits per heavy atom. The fourth-order valence-electron chi connectivity index (χ4n) is 3.95. The van der Waals surface area contributed by atoms with E-state index in [-0.39, 0.29) is 11.3 Å². The fraction of sp³-hybridized carbons (Fsp3) is 0.400. The highest BCUT2D eigenvalue weighted by Crippen LogP contribution is 2.43. The number of hydrogen-bond acceptors (Lipinski definition) is 3. The SMILES string of the molecule is CCC(CC)(c1ccc(C#CC(O)(C(F)(F)F)C(F)(F)F)c(C)c1)c1ccc(OC(=O)O)c(C)c1. The van der Waals surface area contributed by atoms with Gasteiger partial charge in [0, 0.05) is 11.0 Å². The van der Waals surface area contributed by atoms with E-state index in [9.17, 15) is 36.2 Å². The van der Waals surface area contributed by atoms with E-state index in [0.717, 1.165) is 17.0 Å². The molecular weight excluding hydrogens is 478 g/mol. The predicted molar refractivity (Wildman–Crippen MR) is 116 cm³/mol. The van der Waals surface area contributed by atoms with Crippen LogP contribution in [-0.4, -0.2) is 34.3 Å². The maximum atomic E-state index is 12.9. The molecule has 0 aromatic heterocycles. The molecule has 0 radical (unpaired) electrons. The summed E-state index contributed by atoms with van der Waals surface area (Å²) in [5, 5.41) is 18.1. The Morgan fingerprint density at radius 3 is 1.77 bits per heavy atom. The van der Waals surface area contributed by atoms with Crippen LogP contribution in [0.1, 0.15) is 54.5 Å². The van der Waals surface area contributed by atoms with Crippen molar-refractivity contribution in [2.24, 2.45) is 0 Å². The molecular formula is C25H24F6O4. The summed E-state index contributed by atoms with van der Waals surface area (Å²) < 4.78 is 82.3. The van der Waals surface area contributed by atoms with Gasteiger partial charge < -0.3 is 14.9 Å². The first kappa shape index (κ1) is 28.1. The second-order valence-electron chi connectivity index (χ2n) is 8.12. The number of aliphatic hydroxyl groups is 1. The normalized spacial score (nSPS) is 12.7. The average molecular weight is 502 g/mol. The van der Waals surface area contributed by atoms with E-state index in [1.165, 1.54) is 19.1 Å². The highest BCUT2D eigenvalue weighted by molar-refractivity contribution is 5.62. The van der Waals surface area contributed by atoms with Crippen LogP contribution in [0.3, 0.4) is 0 Å². The van der Waals surface area contributed by atoms with E-state index in [4.69, 9.17) is 9.84 Å². The van der Waals surface area contributed by atoms with Crippen molar-refractivity contribution in [1.29, 1.82) is 0 Å². The molecule has 0 atom stereocenters. The van der Waals surface area contributed by atoms with Crippen LogP contribution in [0.4, 0.5) is 31.1 Å². The summed E-state index contributed by atoms with van der Waals surface area (Å²) in [5.41, 5.74) is -3.34. The van der Waals surface area contributed by atoms with Crippen molar-refractivity contribution in [2.45, 2.75) is 63.9 Å². The first-order valence-electron chi connectivity index (χ1n) is 10.5. The maximum absolute atomic E-state index is 12.9. The monoisotopic (exact) mass is 502 g/mol. The largest absolute Gasteiger partial charge is 0.511 e. The lowest BCUT2D eigenvalue weighted by Gasteiger charge is -2.34. The Balaban J connectivity index is 2.57. The van der Waals surface area contributed by atoms with Crippen LogP contribution < -0.4 is 4.74 Å². The zero-order valence-corrected chi connectivity index (χ0v) is 19.4. The number of halogens is 6. The number of benzene rings is 2. The molecule has 0 heterocycles. The van der Waals surface area contributed by atoms with E-state index in [1.807, 2.05) is 19.8 Å². The molecule has 0 fully saturated rings. The van der Waals surface area contributed by atoms with Crippen LogP contribution in [0.5, 0.6) is 5.75 Å². The molecule has 190 valence electrons. The van der Waals surface area contributed by atoms with Crippen LogP contribution in [-0.2, 0) is 5.41 Å². The number of hydrogen-bond donors (Lipinski definition) is 2. The number of carboxylic acid groups (broad SMARTS) is 1. The molecule has 35 heavy (non-hydrogen) atoms. The van der Waals surface area contributed by atoms with Gasteiger partial charge in [0.05, 0.1) is 0 Å². The van der Waals surface area contributed by atoms with Crippen LogP contribution in [0, 0.1) is 25.7 Å². The van der Waals surface area contributed by atoms with Gasteiger partial charge in [0.15, 0.2) is 0 Å². The van der Waals surface area contributed by atoms with Crippen molar-refractivity contribution in [3.8, 4) is 17.6 Å². The van der Waals surface area contributed by atoms with E-state index in [0.29, 0.717) is 24.0 Å². The summed E-state index contributed by atoms with van der Waals surface area (Å²) in [6.45, 7) is 7.04. The predicted octanol–water partition coefficient (Wildman–Crippen LogP) is 6.67. The summed E-state index contributed by atoms with van der Waals surface area (Å²) in [5.74, 6) is 2.99. The Hall–Kier alpha value is -3.19. The molecule has 0 saturated heterocycles. The average Bonchev–Trinajstić information content (AvgIpc) is 2.74. The van der Waals surface area contributed by atoms with Gasteiger partial charge in [0.1, 0.15) is 5.75 Å². The van der Waals surface area contributed by atoms with Gasteiger partial charge in [-0.15, -0.1) is 0 Å². The standard InChI is InChI=1S/C25H24F6O4/c1-5-22(6-2,19-9-10-20(16(4)14-19)35-21(32)33)18-8-7-17(15(3)13-18)11-12-23(34,24(26,27)28)25(29,30)31/h7-10,13-14,34H,5-6H2,1-4H3,(H,32,33). The van der Waals surface area contributed by atoms with Crippen molar-refractivity contribution < 1.29 is 46.1 Å². The lowest BCUT2D eigenvalue weighted by atomic mass is 9.70. The minimum absolute atomic E-state index is 0.0943. The van der Waals surface area contributed by atoms with E-state index in [1.54, 1.807) is 31.2 Å². The summed E-state index contributed by atoms with van der Waals surface area (Å²) in [6.07, 6.45) is -12.3. The molecule has 0 aliphatic carbocycles. The van der Waals surface area contributed by atoms with Gasteiger partial charge in [0.25, 0.3) is 0 Å². The van der Waals surface area contributed by atoms with Crippen molar-refractivity contribution >= 4 is 6.16 Å².